The van der Waals surface area contributed by atoms with Crippen LogP contribution in [-0.4, -0.2) is 33.5 Å². The van der Waals surface area contributed by atoms with Crippen molar-refractivity contribution in [2.45, 2.75) is 24.4 Å². The number of aliphatic hydroxyl groups is 3. The summed E-state index contributed by atoms with van der Waals surface area (Å²) in [5, 5.41) is 34.7. The summed E-state index contributed by atoms with van der Waals surface area (Å²) in [4.78, 5) is 0. The van der Waals surface area contributed by atoms with Gasteiger partial charge in [0.1, 0.15) is 6.07 Å². The third-order valence-corrected chi connectivity index (χ3v) is 1.74. The number of hydrogen-bond acceptors (Lipinski definition) is 5. The maximum Gasteiger partial charge on any atom is 0.320 e. The molecule has 1 aliphatic heterocycles. The van der Waals surface area contributed by atoms with E-state index in [1.54, 1.807) is 6.07 Å². The first-order valence-corrected chi connectivity index (χ1v) is 3.24. The third kappa shape index (κ3) is 1.21. The molecule has 0 amide bonds. The number of hydrogen-bond donors (Lipinski definition) is 3. The summed E-state index contributed by atoms with van der Waals surface area (Å²) in [6, 6.07) is 1.55. The van der Waals surface area contributed by atoms with Gasteiger partial charge in [-0.25, -0.2) is 0 Å². The highest BCUT2D eigenvalue weighted by molar-refractivity contribution is 5.08. The van der Waals surface area contributed by atoms with Crippen molar-refractivity contribution in [1.82, 2.24) is 0 Å². The summed E-state index contributed by atoms with van der Waals surface area (Å²) in [7, 11) is 0. The Morgan fingerprint density at radius 3 is 2.27 bits per heavy atom. The number of ether oxygens (including phenoxy) is 1. The summed E-state index contributed by atoms with van der Waals surface area (Å²) >= 11 is 0. The third-order valence-electron chi connectivity index (χ3n) is 1.74. The van der Waals surface area contributed by atoms with Gasteiger partial charge >= 0.3 is 5.97 Å². The molecule has 0 aliphatic carbocycles. The summed E-state index contributed by atoms with van der Waals surface area (Å²) in [6.45, 7) is 0.261. The summed E-state index contributed by atoms with van der Waals surface area (Å²) in [5.41, 5.74) is -1.85. The minimum absolute atomic E-state index is 0.132. The predicted molar refractivity (Wildman–Crippen MR) is 32.9 cm³/mol. The fourth-order valence-corrected chi connectivity index (χ4v) is 1.07. The van der Waals surface area contributed by atoms with E-state index in [2.05, 4.69) is 0 Å². The van der Waals surface area contributed by atoms with E-state index in [0.29, 0.717) is 6.42 Å². The van der Waals surface area contributed by atoms with Crippen LogP contribution in [0, 0.1) is 11.3 Å². The zero-order valence-corrected chi connectivity index (χ0v) is 5.82. The van der Waals surface area contributed by atoms with Crippen LogP contribution in [0.3, 0.4) is 0 Å². The monoisotopic (exact) mass is 159 g/mol. The van der Waals surface area contributed by atoms with Gasteiger partial charge in [0.15, 0.2) is 0 Å². The molecular formula is C6H9NO4. The van der Waals surface area contributed by atoms with E-state index < -0.39 is 11.6 Å². The first kappa shape index (κ1) is 8.43. The minimum Gasteiger partial charge on any atom is -0.353 e. The Morgan fingerprint density at radius 2 is 2.09 bits per heavy atom. The number of nitrogens with zero attached hydrogens (tertiary/aromatic N) is 1. The molecule has 0 spiro atoms. The van der Waals surface area contributed by atoms with Crippen LogP contribution in [0.4, 0.5) is 0 Å². The molecule has 3 N–H and O–H groups in total. The van der Waals surface area contributed by atoms with Gasteiger partial charge in [-0.15, -0.1) is 0 Å². The van der Waals surface area contributed by atoms with Crippen molar-refractivity contribution in [1.29, 1.82) is 5.26 Å². The molecular weight excluding hydrogens is 150 g/mol. The van der Waals surface area contributed by atoms with Crippen LogP contribution in [0.2, 0.25) is 0 Å². The highest BCUT2D eigenvalue weighted by Gasteiger charge is 2.53. The normalized spacial score (nSPS) is 31.8. The second-order valence-electron chi connectivity index (χ2n) is 2.53. The molecule has 5 nitrogen and oxygen atoms in total. The molecule has 1 aliphatic rings. The molecule has 62 valence electrons. The Labute approximate surface area is 63.4 Å². The second-order valence-corrected chi connectivity index (χ2v) is 2.53. The van der Waals surface area contributed by atoms with Crippen LogP contribution in [-0.2, 0) is 4.74 Å². The van der Waals surface area contributed by atoms with Crippen LogP contribution in [0.5, 0.6) is 0 Å². The van der Waals surface area contributed by atoms with Crippen molar-refractivity contribution in [2.24, 2.45) is 0 Å². The van der Waals surface area contributed by atoms with Gasteiger partial charge in [-0.2, -0.15) is 5.26 Å². The SMILES string of the molecule is N#CC1(C(O)(O)O)CCCO1. The first-order chi connectivity index (χ1) is 5.02. The van der Waals surface area contributed by atoms with E-state index in [1.165, 1.54) is 0 Å². The van der Waals surface area contributed by atoms with E-state index in [1.807, 2.05) is 0 Å². The number of nitriles is 1. The van der Waals surface area contributed by atoms with E-state index >= 15 is 0 Å². The first-order valence-electron chi connectivity index (χ1n) is 3.24. The summed E-state index contributed by atoms with van der Waals surface area (Å²) in [5.74, 6) is -3.06. The van der Waals surface area contributed by atoms with Gasteiger partial charge in [0.2, 0.25) is 5.60 Å². The lowest BCUT2D eigenvalue weighted by Gasteiger charge is -2.28. The molecule has 1 heterocycles. The van der Waals surface area contributed by atoms with Crippen molar-refractivity contribution < 1.29 is 20.1 Å². The molecule has 1 fully saturated rings. The number of rotatable bonds is 1. The highest BCUT2D eigenvalue weighted by Crippen LogP contribution is 2.32. The van der Waals surface area contributed by atoms with Crippen molar-refractivity contribution in [3.05, 3.63) is 0 Å². The lowest BCUT2D eigenvalue weighted by Crippen LogP contribution is -2.52. The van der Waals surface area contributed by atoms with Crippen LogP contribution < -0.4 is 0 Å². The average Bonchev–Trinajstić information content (AvgIpc) is 2.33. The van der Waals surface area contributed by atoms with Crippen LogP contribution >= 0.6 is 0 Å². The van der Waals surface area contributed by atoms with Crippen molar-refractivity contribution >= 4 is 0 Å². The van der Waals surface area contributed by atoms with E-state index in [9.17, 15) is 0 Å². The van der Waals surface area contributed by atoms with E-state index in [0.717, 1.165) is 0 Å². The molecule has 1 rings (SSSR count). The van der Waals surface area contributed by atoms with Crippen molar-refractivity contribution in [3.63, 3.8) is 0 Å². The van der Waals surface area contributed by atoms with Gasteiger partial charge in [0.05, 0.1) is 0 Å². The molecule has 0 aromatic rings. The molecule has 0 radical (unpaired) electrons. The molecule has 1 atom stereocenters. The smallest absolute Gasteiger partial charge is 0.320 e. The molecule has 0 aromatic heterocycles. The van der Waals surface area contributed by atoms with Gasteiger partial charge in [0, 0.05) is 13.0 Å². The molecule has 5 heteroatoms. The topological polar surface area (TPSA) is 93.7 Å². The Hall–Kier alpha value is -0.670. The fourth-order valence-electron chi connectivity index (χ4n) is 1.07. The Morgan fingerprint density at radius 1 is 1.45 bits per heavy atom. The Bertz CT molecular complexity index is 184. The summed E-state index contributed by atoms with van der Waals surface area (Å²) in [6.07, 6.45) is 0.671. The lowest BCUT2D eigenvalue weighted by atomic mass is 9.99. The van der Waals surface area contributed by atoms with Crippen LogP contribution in [0.15, 0.2) is 0 Å². The van der Waals surface area contributed by atoms with E-state index in [-0.39, 0.29) is 13.0 Å². The van der Waals surface area contributed by atoms with Gasteiger partial charge in [-0.1, -0.05) is 0 Å². The maximum atomic E-state index is 8.73. The van der Waals surface area contributed by atoms with Crippen molar-refractivity contribution in [3.8, 4) is 6.07 Å². The largest absolute Gasteiger partial charge is 0.353 e. The minimum atomic E-state index is -3.06. The molecule has 0 aromatic carbocycles. The zero-order valence-electron chi connectivity index (χ0n) is 5.82. The zero-order chi connectivity index (χ0) is 8.54. The quantitative estimate of drug-likeness (QED) is 0.413. The van der Waals surface area contributed by atoms with Gasteiger partial charge in [-0.05, 0) is 6.42 Å². The van der Waals surface area contributed by atoms with Gasteiger partial charge in [0.25, 0.3) is 0 Å². The second kappa shape index (κ2) is 2.43. The standard InChI is InChI=1S/C6H9NO4/c7-4-5(6(8,9)10)2-1-3-11-5/h8-10H,1-3H2. The Balaban J connectivity index is 2.86. The van der Waals surface area contributed by atoms with E-state index in [4.69, 9.17) is 25.3 Å². The van der Waals surface area contributed by atoms with Gasteiger partial charge in [-0.3, -0.25) is 0 Å². The van der Waals surface area contributed by atoms with Crippen LogP contribution in [0.1, 0.15) is 12.8 Å². The Kier molecular flexibility index (Phi) is 1.86. The fraction of sp³-hybridized carbons (Fsp3) is 0.833. The van der Waals surface area contributed by atoms with Crippen molar-refractivity contribution in [2.75, 3.05) is 6.61 Å². The lowest BCUT2D eigenvalue weighted by molar-refractivity contribution is -0.376. The highest BCUT2D eigenvalue weighted by atomic mass is 16.7. The molecule has 1 unspecified atom stereocenters. The molecule has 0 saturated carbocycles. The molecule has 0 bridgehead atoms. The maximum absolute atomic E-state index is 8.73. The molecule has 11 heavy (non-hydrogen) atoms. The predicted octanol–water partition coefficient (Wildman–Crippen LogP) is -1.31. The van der Waals surface area contributed by atoms with Gasteiger partial charge < -0.3 is 20.1 Å². The summed E-state index contributed by atoms with van der Waals surface area (Å²) < 4.78 is 4.74. The molecule has 1 saturated heterocycles. The average molecular weight is 159 g/mol. The van der Waals surface area contributed by atoms with Crippen LogP contribution in [0.25, 0.3) is 0 Å².